The maximum absolute atomic E-state index is 11.8. The normalized spacial score (nSPS) is 10.2. The number of aromatic nitrogens is 3. The van der Waals surface area contributed by atoms with Crippen molar-refractivity contribution in [2.45, 2.75) is 6.42 Å². The quantitative estimate of drug-likeness (QED) is 0.826. The number of carboxylic acid groups (broad SMARTS) is 1. The van der Waals surface area contributed by atoms with Gasteiger partial charge in [-0.1, -0.05) is 0 Å². The van der Waals surface area contributed by atoms with Gasteiger partial charge < -0.3 is 10.4 Å². The molecule has 0 fully saturated rings. The van der Waals surface area contributed by atoms with Gasteiger partial charge in [-0.15, -0.1) is 0 Å². The van der Waals surface area contributed by atoms with Gasteiger partial charge in [0.15, 0.2) is 0 Å². The lowest BCUT2D eigenvalue weighted by Crippen LogP contribution is -2.27. The van der Waals surface area contributed by atoms with Crippen molar-refractivity contribution >= 4 is 11.9 Å². The molecular formula is C13H14N4O3. The summed E-state index contributed by atoms with van der Waals surface area (Å²) in [5.74, 6) is -1.40. The number of aromatic carboxylic acids is 1. The van der Waals surface area contributed by atoms with Gasteiger partial charge in [-0.05, 0) is 18.2 Å². The average molecular weight is 274 g/mol. The molecule has 104 valence electrons. The molecule has 0 saturated carbocycles. The molecule has 2 rings (SSSR count). The number of hydrogen-bond donors (Lipinski definition) is 2. The smallest absolute Gasteiger partial charge is 0.337 e. The molecule has 2 aromatic rings. The number of aryl methyl sites for hydroxylation is 1. The standard InChI is InChI=1S/C13H14N4O3/c1-17-10(5-7-16-17)4-6-14-12(18)11-3-2-9(8-15-11)13(19)20/h2-3,5,7-8H,4,6H2,1H3,(H,14,18)(H,19,20). The molecule has 1 amide bonds. The van der Waals surface area contributed by atoms with Gasteiger partial charge in [0, 0.05) is 38.1 Å². The van der Waals surface area contributed by atoms with E-state index in [1.807, 2.05) is 13.1 Å². The van der Waals surface area contributed by atoms with Crippen LogP contribution in [0.25, 0.3) is 0 Å². The van der Waals surface area contributed by atoms with Gasteiger partial charge >= 0.3 is 5.97 Å². The van der Waals surface area contributed by atoms with E-state index >= 15 is 0 Å². The number of pyridine rings is 1. The molecular weight excluding hydrogens is 260 g/mol. The number of nitrogens with one attached hydrogen (secondary N) is 1. The van der Waals surface area contributed by atoms with Crippen molar-refractivity contribution in [1.29, 1.82) is 0 Å². The van der Waals surface area contributed by atoms with Gasteiger partial charge in [-0.2, -0.15) is 5.10 Å². The summed E-state index contributed by atoms with van der Waals surface area (Å²) in [6.45, 7) is 0.459. The maximum atomic E-state index is 11.8. The number of carboxylic acids is 1. The predicted octanol–water partition coefficient (Wildman–Crippen LogP) is 0.486. The van der Waals surface area contributed by atoms with Crippen LogP contribution in [0.3, 0.4) is 0 Å². The zero-order chi connectivity index (χ0) is 14.5. The van der Waals surface area contributed by atoms with E-state index in [0.717, 1.165) is 5.69 Å². The largest absolute Gasteiger partial charge is 0.478 e. The highest BCUT2D eigenvalue weighted by molar-refractivity contribution is 5.93. The lowest BCUT2D eigenvalue weighted by atomic mass is 10.2. The number of amides is 1. The van der Waals surface area contributed by atoms with E-state index in [9.17, 15) is 9.59 Å². The Hall–Kier alpha value is -2.70. The Morgan fingerprint density at radius 2 is 2.15 bits per heavy atom. The first-order chi connectivity index (χ1) is 9.58. The third-order valence-electron chi connectivity index (χ3n) is 2.83. The van der Waals surface area contributed by atoms with Gasteiger partial charge in [-0.25, -0.2) is 4.79 Å². The molecule has 0 aliphatic carbocycles. The SMILES string of the molecule is Cn1nccc1CCNC(=O)c1ccc(C(=O)O)cn1. The molecule has 2 aromatic heterocycles. The fourth-order valence-electron chi connectivity index (χ4n) is 1.70. The highest BCUT2D eigenvalue weighted by Gasteiger charge is 2.09. The van der Waals surface area contributed by atoms with Crippen molar-refractivity contribution in [3.05, 3.63) is 47.5 Å². The van der Waals surface area contributed by atoms with E-state index < -0.39 is 5.97 Å². The molecule has 2 N–H and O–H groups in total. The molecule has 0 radical (unpaired) electrons. The molecule has 0 aliphatic heterocycles. The van der Waals surface area contributed by atoms with E-state index in [1.165, 1.54) is 18.3 Å². The Kier molecular flexibility index (Phi) is 4.09. The van der Waals surface area contributed by atoms with E-state index in [2.05, 4.69) is 15.4 Å². The van der Waals surface area contributed by atoms with Crippen LogP contribution in [0.2, 0.25) is 0 Å². The van der Waals surface area contributed by atoms with E-state index in [-0.39, 0.29) is 17.2 Å². The molecule has 2 heterocycles. The van der Waals surface area contributed by atoms with Crippen molar-refractivity contribution in [1.82, 2.24) is 20.1 Å². The van der Waals surface area contributed by atoms with Crippen molar-refractivity contribution < 1.29 is 14.7 Å². The highest BCUT2D eigenvalue weighted by atomic mass is 16.4. The zero-order valence-electron chi connectivity index (χ0n) is 10.9. The summed E-state index contributed by atoms with van der Waals surface area (Å²) < 4.78 is 1.74. The summed E-state index contributed by atoms with van der Waals surface area (Å²) >= 11 is 0. The minimum atomic E-state index is -1.07. The summed E-state index contributed by atoms with van der Waals surface area (Å²) in [7, 11) is 1.84. The first-order valence-electron chi connectivity index (χ1n) is 6.02. The molecule has 0 atom stereocenters. The van der Waals surface area contributed by atoms with Gasteiger partial charge in [0.05, 0.1) is 5.56 Å². The molecule has 7 heteroatoms. The second-order valence-corrected chi connectivity index (χ2v) is 4.19. The number of hydrogen-bond acceptors (Lipinski definition) is 4. The monoisotopic (exact) mass is 274 g/mol. The lowest BCUT2D eigenvalue weighted by Gasteiger charge is -2.05. The number of carbonyl (C=O) groups is 2. The third-order valence-corrected chi connectivity index (χ3v) is 2.83. The Morgan fingerprint density at radius 3 is 2.70 bits per heavy atom. The molecule has 0 spiro atoms. The van der Waals surface area contributed by atoms with Crippen molar-refractivity contribution in [3.8, 4) is 0 Å². The number of carbonyl (C=O) groups excluding carboxylic acids is 1. The van der Waals surface area contributed by atoms with Gasteiger partial charge in [0.25, 0.3) is 5.91 Å². The van der Waals surface area contributed by atoms with Crippen LogP contribution in [0.5, 0.6) is 0 Å². The van der Waals surface area contributed by atoms with Gasteiger partial charge in [0.2, 0.25) is 0 Å². The van der Waals surface area contributed by atoms with Crippen LogP contribution >= 0.6 is 0 Å². The lowest BCUT2D eigenvalue weighted by molar-refractivity contribution is 0.0695. The van der Waals surface area contributed by atoms with Crippen LogP contribution in [0.1, 0.15) is 26.5 Å². The number of nitrogens with zero attached hydrogens (tertiary/aromatic N) is 3. The fraction of sp³-hybridized carbons (Fsp3) is 0.231. The van der Waals surface area contributed by atoms with Crippen molar-refractivity contribution in [3.63, 3.8) is 0 Å². The minimum absolute atomic E-state index is 0.0523. The number of rotatable bonds is 5. The van der Waals surface area contributed by atoms with Crippen LogP contribution in [0.15, 0.2) is 30.6 Å². The molecule has 0 unspecified atom stereocenters. The van der Waals surface area contributed by atoms with Crippen LogP contribution in [0, 0.1) is 0 Å². The highest BCUT2D eigenvalue weighted by Crippen LogP contribution is 2.01. The average Bonchev–Trinajstić information content (AvgIpc) is 2.84. The van der Waals surface area contributed by atoms with Gasteiger partial charge in [-0.3, -0.25) is 14.5 Å². The molecule has 0 bridgehead atoms. The Labute approximate surface area is 115 Å². The fourth-order valence-corrected chi connectivity index (χ4v) is 1.70. The second-order valence-electron chi connectivity index (χ2n) is 4.19. The molecule has 0 saturated heterocycles. The Morgan fingerprint density at radius 1 is 1.35 bits per heavy atom. The third kappa shape index (κ3) is 3.19. The van der Waals surface area contributed by atoms with Crippen molar-refractivity contribution in [2.24, 2.45) is 7.05 Å². The molecule has 0 aliphatic rings. The summed E-state index contributed by atoms with van der Waals surface area (Å²) in [4.78, 5) is 26.3. The Bertz CT molecular complexity index is 619. The van der Waals surface area contributed by atoms with E-state index in [4.69, 9.17) is 5.11 Å². The maximum Gasteiger partial charge on any atom is 0.337 e. The summed E-state index contributed by atoms with van der Waals surface area (Å²) in [5, 5.41) is 15.5. The topological polar surface area (TPSA) is 97.1 Å². The van der Waals surface area contributed by atoms with Crippen molar-refractivity contribution in [2.75, 3.05) is 6.54 Å². The predicted molar refractivity (Wildman–Crippen MR) is 70.4 cm³/mol. The first-order valence-corrected chi connectivity index (χ1v) is 6.02. The zero-order valence-corrected chi connectivity index (χ0v) is 10.9. The summed E-state index contributed by atoms with van der Waals surface area (Å²) in [6.07, 6.45) is 3.52. The van der Waals surface area contributed by atoms with Crippen LogP contribution < -0.4 is 5.32 Å². The molecule has 7 nitrogen and oxygen atoms in total. The summed E-state index contributed by atoms with van der Waals surface area (Å²) in [5.41, 5.74) is 1.26. The van der Waals surface area contributed by atoms with Crippen LogP contribution in [0.4, 0.5) is 0 Å². The van der Waals surface area contributed by atoms with Crippen LogP contribution in [-0.4, -0.2) is 38.3 Å². The van der Waals surface area contributed by atoms with E-state index in [0.29, 0.717) is 13.0 Å². The van der Waals surface area contributed by atoms with E-state index in [1.54, 1.807) is 10.9 Å². The molecule has 0 aromatic carbocycles. The minimum Gasteiger partial charge on any atom is -0.478 e. The Balaban J connectivity index is 1.88. The van der Waals surface area contributed by atoms with Gasteiger partial charge in [0.1, 0.15) is 5.69 Å². The molecule has 20 heavy (non-hydrogen) atoms. The second kappa shape index (κ2) is 5.96. The summed E-state index contributed by atoms with van der Waals surface area (Å²) in [6, 6.07) is 4.63. The van der Waals surface area contributed by atoms with Crippen LogP contribution in [-0.2, 0) is 13.5 Å². The first kappa shape index (κ1) is 13.7.